The summed E-state index contributed by atoms with van der Waals surface area (Å²) >= 11 is 0. The maximum absolute atomic E-state index is 12.6. The molecule has 1 atom stereocenters. The summed E-state index contributed by atoms with van der Waals surface area (Å²) in [6, 6.07) is 26.3. The van der Waals surface area contributed by atoms with Crippen LogP contribution in [0.15, 0.2) is 85.1 Å². The highest BCUT2D eigenvalue weighted by molar-refractivity contribution is 5.94. The number of carbonyl (C=O) groups excluding carboxylic acids is 1. The molecule has 0 fully saturated rings. The molecule has 1 amide bonds. The van der Waals surface area contributed by atoms with Gasteiger partial charge in [-0.25, -0.2) is 0 Å². The molecular weight excluding hydrogens is 332 g/mol. The molecule has 0 aliphatic carbocycles. The molecule has 134 valence electrons. The van der Waals surface area contributed by atoms with E-state index in [4.69, 9.17) is 0 Å². The summed E-state index contributed by atoms with van der Waals surface area (Å²) < 4.78 is 0. The van der Waals surface area contributed by atoms with Gasteiger partial charge in [0.15, 0.2) is 0 Å². The number of rotatable bonds is 5. The lowest BCUT2D eigenvalue weighted by atomic mass is 9.91. The van der Waals surface area contributed by atoms with Gasteiger partial charge in [0.2, 0.25) is 0 Å². The van der Waals surface area contributed by atoms with Gasteiger partial charge in [-0.3, -0.25) is 4.79 Å². The number of hydrogen-bond acceptors (Lipinski definition) is 1. The highest BCUT2D eigenvalue weighted by Gasteiger charge is 2.19. The molecule has 0 aliphatic rings. The number of aromatic amines is 1. The summed E-state index contributed by atoms with van der Waals surface area (Å²) in [5.41, 5.74) is 5.27. The van der Waals surface area contributed by atoms with Crippen molar-refractivity contribution in [3.63, 3.8) is 0 Å². The van der Waals surface area contributed by atoms with E-state index in [-0.39, 0.29) is 11.8 Å². The lowest BCUT2D eigenvalue weighted by Gasteiger charge is -2.18. The van der Waals surface area contributed by atoms with Crippen LogP contribution in [0.3, 0.4) is 0 Å². The molecule has 4 aromatic rings. The first kappa shape index (κ1) is 17.1. The molecule has 3 aromatic carbocycles. The Kier molecular flexibility index (Phi) is 4.75. The normalized spacial score (nSPS) is 12.0. The van der Waals surface area contributed by atoms with E-state index in [0.29, 0.717) is 12.1 Å². The lowest BCUT2D eigenvalue weighted by Crippen LogP contribution is -2.28. The zero-order valence-corrected chi connectivity index (χ0v) is 15.3. The highest BCUT2D eigenvalue weighted by atomic mass is 16.1. The lowest BCUT2D eigenvalue weighted by molar-refractivity contribution is 0.0952. The largest absolute Gasteiger partial charge is 0.361 e. The molecule has 0 saturated carbocycles. The first-order valence-electron chi connectivity index (χ1n) is 9.18. The van der Waals surface area contributed by atoms with Gasteiger partial charge in [0.1, 0.15) is 0 Å². The molecule has 0 bridgehead atoms. The van der Waals surface area contributed by atoms with Crippen molar-refractivity contribution in [2.75, 3.05) is 6.54 Å². The molecule has 0 spiro atoms. The summed E-state index contributed by atoms with van der Waals surface area (Å²) in [6.45, 7) is 2.54. The summed E-state index contributed by atoms with van der Waals surface area (Å²) in [6.07, 6.45) is 2.06. The zero-order valence-electron chi connectivity index (χ0n) is 15.3. The van der Waals surface area contributed by atoms with Crippen molar-refractivity contribution in [3.8, 4) is 0 Å². The van der Waals surface area contributed by atoms with Crippen molar-refractivity contribution >= 4 is 16.8 Å². The van der Waals surface area contributed by atoms with Crippen LogP contribution in [0.1, 0.15) is 33.0 Å². The van der Waals surface area contributed by atoms with Gasteiger partial charge in [0, 0.05) is 35.1 Å². The maximum atomic E-state index is 12.6. The minimum absolute atomic E-state index is 0.0422. The highest BCUT2D eigenvalue weighted by Crippen LogP contribution is 2.30. The topological polar surface area (TPSA) is 44.9 Å². The van der Waals surface area contributed by atoms with E-state index in [0.717, 1.165) is 11.1 Å². The molecule has 1 aromatic heterocycles. The van der Waals surface area contributed by atoms with Gasteiger partial charge in [-0.15, -0.1) is 0 Å². The number of aryl methyl sites for hydroxylation is 1. The van der Waals surface area contributed by atoms with Crippen LogP contribution in [0, 0.1) is 6.92 Å². The van der Waals surface area contributed by atoms with Crippen molar-refractivity contribution in [3.05, 3.63) is 107 Å². The van der Waals surface area contributed by atoms with Crippen molar-refractivity contribution in [1.82, 2.24) is 10.3 Å². The number of amides is 1. The van der Waals surface area contributed by atoms with Crippen LogP contribution in [-0.2, 0) is 0 Å². The average molecular weight is 354 g/mol. The number of nitrogens with one attached hydrogen (secondary N) is 2. The minimum Gasteiger partial charge on any atom is -0.361 e. The Morgan fingerprint density at radius 3 is 2.56 bits per heavy atom. The van der Waals surface area contributed by atoms with Crippen molar-refractivity contribution < 1.29 is 4.79 Å². The Labute approximate surface area is 159 Å². The molecule has 0 radical (unpaired) electrons. The van der Waals surface area contributed by atoms with Gasteiger partial charge in [0.05, 0.1) is 0 Å². The summed E-state index contributed by atoms with van der Waals surface area (Å²) in [5, 5.41) is 4.32. The smallest absolute Gasteiger partial charge is 0.251 e. The first-order valence-corrected chi connectivity index (χ1v) is 9.18. The average Bonchev–Trinajstić information content (AvgIpc) is 3.13. The Morgan fingerprint density at radius 2 is 1.74 bits per heavy atom. The second-order valence-corrected chi connectivity index (χ2v) is 6.83. The van der Waals surface area contributed by atoms with E-state index in [2.05, 4.69) is 40.8 Å². The van der Waals surface area contributed by atoms with Gasteiger partial charge in [-0.2, -0.15) is 0 Å². The quantitative estimate of drug-likeness (QED) is 0.518. The van der Waals surface area contributed by atoms with Crippen LogP contribution < -0.4 is 5.32 Å². The van der Waals surface area contributed by atoms with E-state index >= 15 is 0 Å². The van der Waals surface area contributed by atoms with Crippen LogP contribution >= 0.6 is 0 Å². The fourth-order valence-corrected chi connectivity index (χ4v) is 3.56. The van der Waals surface area contributed by atoms with Crippen LogP contribution in [-0.4, -0.2) is 17.4 Å². The molecule has 0 unspecified atom stereocenters. The number of benzene rings is 3. The molecule has 0 aliphatic heterocycles. The van der Waals surface area contributed by atoms with Crippen LogP contribution in [0.5, 0.6) is 0 Å². The van der Waals surface area contributed by atoms with Crippen LogP contribution in [0.2, 0.25) is 0 Å². The maximum Gasteiger partial charge on any atom is 0.251 e. The third-order valence-electron chi connectivity index (χ3n) is 4.95. The van der Waals surface area contributed by atoms with E-state index < -0.39 is 0 Å². The van der Waals surface area contributed by atoms with Gasteiger partial charge in [-0.05, 0) is 36.2 Å². The molecular formula is C24H22N2O. The monoisotopic (exact) mass is 354 g/mol. The van der Waals surface area contributed by atoms with E-state index in [1.165, 1.54) is 16.5 Å². The molecule has 27 heavy (non-hydrogen) atoms. The van der Waals surface area contributed by atoms with Crippen LogP contribution in [0.25, 0.3) is 10.9 Å². The number of aromatic nitrogens is 1. The van der Waals surface area contributed by atoms with Crippen LogP contribution in [0.4, 0.5) is 0 Å². The summed E-state index contributed by atoms with van der Waals surface area (Å²) in [5.74, 6) is 0.0376. The molecule has 2 N–H and O–H groups in total. The van der Waals surface area contributed by atoms with E-state index in [9.17, 15) is 4.79 Å². The van der Waals surface area contributed by atoms with Gasteiger partial charge in [-0.1, -0.05) is 66.2 Å². The van der Waals surface area contributed by atoms with E-state index in [1.54, 1.807) is 0 Å². The zero-order chi connectivity index (χ0) is 18.6. The second kappa shape index (κ2) is 7.50. The summed E-state index contributed by atoms with van der Waals surface area (Å²) in [4.78, 5) is 16.0. The number of fused-ring (bicyclic) bond motifs is 1. The van der Waals surface area contributed by atoms with E-state index in [1.807, 2.05) is 61.5 Å². The van der Waals surface area contributed by atoms with Crippen molar-refractivity contribution in [1.29, 1.82) is 0 Å². The molecule has 4 rings (SSSR count). The molecule has 3 nitrogen and oxygen atoms in total. The second-order valence-electron chi connectivity index (χ2n) is 6.83. The van der Waals surface area contributed by atoms with Crippen molar-refractivity contribution in [2.45, 2.75) is 12.8 Å². The molecule has 0 saturated heterocycles. The standard InChI is InChI=1S/C24H22N2O/c1-17-8-7-11-19(14-17)24(27)26-15-21(18-9-3-2-4-10-18)22-16-25-23-13-6-5-12-20(22)23/h2-14,16,21,25H,15H2,1H3,(H,26,27)/t21-/m1/s1. The fourth-order valence-electron chi connectivity index (χ4n) is 3.56. The Hall–Kier alpha value is -3.33. The molecule has 1 heterocycles. The third-order valence-corrected chi connectivity index (χ3v) is 4.95. The Morgan fingerprint density at radius 1 is 0.963 bits per heavy atom. The number of para-hydroxylation sites is 1. The Bertz CT molecular complexity index is 1070. The molecule has 3 heteroatoms. The number of carbonyl (C=O) groups is 1. The van der Waals surface area contributed by atoms with Gasteiger partial charge >= 0.3 is 0 Å². The van der Waals surface area contributed by atoms with Gasteiger partial charge < -0.3 is 10.3 Å². The van der Waals surface area contributed by atoms with Crippen molar-refractivity contribution in [2.24, 2.45) is 0 Å². The third kappa shape index (κ3) is 3.63. The van der Waals surface area contributed by atoms with Gasteiger partial charge in [0.25, 0.3) is 5.91 Å². The number of H-pyrrole nitrogens is 1. The predicted molar refractivity (Wildman–Crippen MR) is 110 cm³/mol. The number of hydrogen-bond donors (Lipinski definition) is 2. The Balaban J connectivity index is 1.64. The predicted octanol–water partition coefficient (Wildman–Crippen LogP) is 5.04. The first-order chi connectivity index (χ1) is 13.2. The summed E-state index contributed by atoms with van der Waals surface area (Å²) in [7, 11) is 0. The fraction of sp³-hybridized carbons (Fsp3) is 0.125. The SMILES string of the molecule is Cc1cccc(C(=O)NC[C@H](c2ccccc2)c2c[nH]c3ccccc23)c1. The minimum atomic E-state index is -0.0422.